The van der Waals surface area contributed by atoms with E-state index < -0.39 is 0 Å². The molecule has 0 amide bonds. The van der Waals surface area contributed by atoms with E-state index in [9.17, 15) is 4.79 Å². The van der Waals surface area contributed by atoms with Crippen molar-refractivity contribution in [2.45, 2.75) is 6.42 Å². The number of fused-ring (bicyclic) bond motifs is 3. The minimum absolute atomic E-state index is 0.103. The van der Waals surface area contributed by atoms with Gasteiger partial charge in [-0.25, -0.2) is 9.97 Å². The van der Waals surface area contributed by atoms with Crippen molar-refractivity contribution in [3.05, 3.63) is 54.4 Å². The number of nitrogens with one attached hydrogen (secondary N) is 1. The number of benzene rings is 2. The molecule has 9 nitrogen and oxygen atoms in total. The highest BCUT2D eigenvalue weighted by Crippen LogP contribution is 2.40. The molecule has 2 aromatic heterocycles. The lowest BCUT2D eigenvalue weighted by Gasteiger charge is -2.24. The van der Waals surface area contributed by atoms with Crippen LogP contribution in [0.25, 0.3) is 22.2 Å². The van der Waals surface area contributed by atoms with Gasteiger partial charge in [0.2, 0.25) is 11.9 Å². The summed E-state index contributed by atoms with van der Waals surface area (Å²) in [7, 11) is 7.72. The SMILES string of the molecule is COc1cc(N(C)CCN(C)C)c(N)cc1Nc1nccc(-c2c3n(c4ccccc24)C(=O)C3)n1. The zero-order chi connectivity index (χ0) is 24.7. The molecule has 0 saturated heterocycles. The third kappa shape index (κ3) is 4.04. The molecule has 0 atom stereocenters. The second-order valence-corrected chi connectivity index (χ2v) is 8.97. The molecule has 3 N–H and O–H groups in total. The Bertz CT molecular complexity index is 1430. The zero-order valence-electron chi connectivity index (χ0n) is 20.4. The Balaban J connectivity index is 1.47. The second-order valence-electron chi connectivity index (χ2n) is 8.97. The predicted molar refractivity (Wildman–Crippen MR) is 140 cm³/mol. The van der Waals surface area contributed by atoms with Crippen molar-refractivity contribution in [2.24, 2.45) is 0 Å². The quantitative estimate of drug-likeness (QED) is 0.376. The number of hydrogen-bond acceptors (Lipinski definition) is 8. The Morgan fingerprint density at radius 1 is 1.14 bits per heavy atom. The van der Waals surface area contributed by atoms with E-state index >= 15 is 0 Å². The van der Waals surface area contributed by atoms with Crippen molar-refractivity contribution in [1.82, 2.24) is 19.4 Å². The number of nitrogens with two attached hydrogens (primary N) is 1. The molecular weight excluding hydrogens is 442 g/mol. The molecule has 3 heterocycles. The lowest BCUT2D eigenvalue weighted by atomic mass is 10.0. The maximum atomic E-state index is 12.2. The van der Waals surface area contributed by atoms with Gasteiger partial charge in [-0.05, 0) is 32.3 Å². The molecule has 1 aliphatic heterocycles. The standard InChI is InChI=1S/C26H29N7O2/c1-31(2)11-12-32(3)21-14-23(35-4)19(13-17(21)27)30-26-28-10-9-18(29-26)25-16-7-5-6-8-20(16)33-22(25)15-24(33)34/h5-10,13-14H,11-12,15,27H2,1-4H3,(H,28,29,30). The van der Waals surface area contributed by atoms with Gasteiger partial charge in [0.1, 0.15) is 5.75 Å². The van der Waals surface area contributed by atoms with E-state index in [4.69, 9.17) is 15.5 Å². The van der Waals surface area contributed by atoms with Crippen LogP contribution < -0.4 is 20.7 Å². The van der Waals surface area contributed by atoms with E-state index in [1.807, 2.05) is 63.6 Å². The average Bonchev–Trinajstić information content (AvgIpc) is 3.10. The number of carbonyl (C=O) groups is 1. The van der Waals surface area contributed by atoms with Crippen LogP contribution in [0.4, 0.5) is 23.0 Å². The summed E-state index contributed by atoms with van der Waals surface area (Å²) in [5.41, 5.74) is 12.2. The van der Waals surface area contributed by atoms with Gasteiger partial charge in [-0.2, -0.15) is 0 Å². The normalized spacial score (nSPS) is 12.5. The van der Waals surface area contributed by atoms with E-state index in [1.54, 1.807) is 17.9 Å². The van der Waals surface area contributed by atoms with Crippen molar-refractivity contribution in [3.8, 4) is 17.0 Å². The van der Waals surface area contributed by atoms with Crippen LogP contribution in [0.2, 0.25) is 0 Å². The van der Waals surface area contributed by atoms with Crippen LogP contribution in [-0.2, 0) is 6.42 Å². The number of anilines is 4. The Hall–Kier alpha value is -4.11. The fraction of sp³-hybridized carbons (Fsp3) is 0.269. The molecule has 0 unspecified atom stereocenters. The van der Waals surface area contributed by atoms with Gasteiger partial charge in [0.15, 0.2) is 0 Å². The fourth-order valence-electron chi connectivity index (χ4n) is 4.49. The highest BCUT2D eigenvalue weighted by molar-refractivity contribution is 6.09. The van der Waals surface area contributed by atoms with E-state index in [0.717, 1.165) is 46.6 Å². The molecule has 0 aliphatic carbocycles. The van der Waals surface area contributed by atoms with Crippen molar-refractivity contribution in [1.29, 1.82) is 0 Å². The number of nitrogen functional groups attached to an aromatic ring is 1. The first-order valence-electron chi connectivity index (χ1n) is 11.5. The van der Waals surface area contributed by atoms with E-state index in [2.05, 4.69) is 20.1 Å². The number of likely N-dealkylation sites (N-methyl/N-ethyl adjacent to an activating group) is 2. The molecule has 4 aromatic rings. The maximum absolute atomic E-state index is 12.2. The molecular formula is C26H29N7O2. The van der Waals surface area contributed by atoms with Crippen molar-refractivity contribution in [2.75, 3.05) is 57.3 Å². The topological polar surface area (TPSA) is 102 Å². The van der Waals surface area contributed by atoms with Gasteiger partial charge >= 0.3 is 0 Å². The van der Waals surface area contributed by atoms with Gasteiger partial charge in [0.05, 0.1) is 41.8 Å². The third-order valence-corrected chi connectivity index (χ3v) is 6.34. The van der Waals surface area contributed by atoms with Crippen LogP contribution in [0.15, 0.2) is 48.7 Å². The number of aromatic nitrogens is 3. The first-order valence-corrected chi connectivity index (χ1v) is 11.5. The monoisotopic (exact) mass is 471 g/mol. The van der Waals surface area contributed by atoms with E-state index in [-0.39, 0.29) is 5.91 Å². The molecule has 9 heteroatoms. The number of nitrogens with zero attached hydrogens (tertiary/aromatic N) is 5. The highest BCUT2D eigenvalue weighted by atomic mass is 16.5. The smallest absolute Gasteiger partial charge is 0.237 e. The first-order chi connectivity index (χ1) is 16.9. The van der Waals surface area contributed by atoms with Crippen LogP contribution in [0, 0.1) is 0 Å². The highest BCUT2D eigenvalue weighted by Gasteiger charge is 2.31. The molecule has 180 valence electrons. The third-order valence-electron chi connectivity index (χ3n) is 6.34. The summed E-state index contributed by atoms with van der Waals surface area (Å²) in [5.74, 6) is 1.17. The van der Waals surface area contributed by atoms with Gasteiger partial charge in [0, 0.05) is 49.0 Å². The summed E-state index contributed by atoms with van der Waals surface area (Å²) in [4.78, 5) is 25.6. The molecule has 0 bridgehead atoms. The second kappa shape index (κ2) is 8.92. The van der Waals surface area contributed by atoms with E-state index in [1.165, 1.54) is 0 Å². The van der Waals surface area contributed by atoms with Crippen LogP contribution in [0.5, 0.6) is 5.75 Å². The van der Waals surface area contributed by atoms with Gasteiger partial charge in [-0.1, -0.05) is 18.2 Å². The molecule has 0 spiro atoms. The van der Waals surface area contributed by atoms with Crippen LogP contribution in [0.3, 0.4) is 0 Å². The van der Waals surface area contributed by atoms with Gasteiger partial charge < -0.3 is 25.6 Å². The number of carbonyl (C=O) groups excluding carboxylic acids is 1. The van der Waals surface area contributed by atoms with Gasteiger partial charge in [-0.3, -0.25) is 9.36 Å². The zero-order valence-corrected chi connectivity index (χ0v) is 20.4. The molecule has 0 fully saturated rings. The average molecular weight is 472 g/mol. The molecule has 2 aromatic carbocycles. The molecule has 0 radical (unpaired) electrons. The molecule has 5 rings (SSSR count). The Labute approximate surface area is 204 Å². The van der Waals surface area contributed by atoms with Crippen LogP contribution in [-0.4, -0.2) is 66.7 Å². The first kappa shape index (κ1) is 22.7. The number of ether oxygens (including phenoxy) is 1. The summed E-state index contributed by atoms with van der Waals surface area (Å²) in [6.45, 7) is 1.74. The van der Waals surface area contributed by atoms with Gasteiger partial charge in [-0.15, -0.1) is 0 Å². The minimum atomic E-state index is 0.103. The lowest BCUT2D eigenvalue weighted by Crippen LogP contribution is -2.29. The summed E-state index contributed by atoms with van der Waals surface area (Å²) in [6, 6.07) is 13.5. The van der Waals surface area contributed by atoms with Crippen molar-refractivity contribution >= 4 is 39.8 Å². The fourth-order valence-corrected chi connectivity index (χ4v) is 4.49. The summed E-state index contributed by atoms with van der Waals surface area (Å²) in [5, 5.41) is 4.27. The van der Waals surface area contributed by atoms with Crippen LogP contribution >= 0.6 is 0 Å². The predicted octanol–water partition coefficient (Wildman–Crippen LogP) is 3.63. The molecule has 1 aliphatic rings. The number of hydrogen-bond donors (Lipinski definition) is 2. The molecule has 0 saturated carbocycles. The Morgan fingerprint density at radius 2 is 1.94 bits per heavy atom. The Kier molecular flexibility index (Phi) is 5.78. The van der Waals surface area contributed by atoms with E-state index in [0.29, 0.717) is 29.5 Å². The van der Waals surface area contributed by atoms with Crippen LogP contribution in [0.1, 0.15) is 10.5 Å². The largest absolute Gasteiger partial charge is 0.494 e. The number of methoxy groups -OCH3 is 1. The molecule has 35 heavy (non-hydrogen) atoms. The summed E-state index contributed by atoms with van der Waals surface area (Å²) in [6.07, 6.45) is 2.12. The van der Waals surface area contributed by atoms with Crippen molar-refractivity contribution in [3.63, 3.8) is 0 Å². The minimum Gasteiger partial charge on any atom is -0.494 e. The maximum Gasteiger partial charge on any atom is 0.237 e. The number of rotatable bonds is 8. The summed E-state index contributed by atoms with van der Waals surface area (Å²) >= 11 is 0. The summed E-state index contributed by atoms with van der Waals surface area (Å²) < 4.78 is 7.43. The Morgan fingerprint density at radius 3 is 2.69 bits per heavy atom. The lowest BCUT2D eigenvalue weighted by molar-refractivity contribution is 0.0870. The number of para-hydroxylation sites is 1. The van der Waals surface area contributed by atoms with Gasteiger partial charge in [0.25, 0.3) is 0 Å². The van der Waals surface area contributed by atoms with Crippen molar-refractivity contribution < 1.29 is 9.53 Å².